The SMILES string of the molecule is C[Si](C)(C)OC[C@@H](O[Si](C)(C)C)[C@@H](O[Si](C)(C)C)[C@H](O[Si](C)(C)C)c1cncc(C[C@H](O[Si](C)(C)C)[C@@H](CO[Si](C)(C)C)O[Si](C)(C)C)n1. The molecule has 0 saturated carbocycles. The molecule has 0 radical (unpaired) electrons. The third kappa shape index (κ3) is 22.9. The number of hydrogen-bond acceptors (Lipinski definition) is 9. The van der Waals surface area contributed by atoms with Gasteiger partial charge >= 0.3 is 0 Å². The minimum atomic E-state index is -2.12. The lowest BCUT2D eigenvalue weighted by molar-refractivity contribution is -0.0525. The van der Waals surface area contributed by atoms with E-state index < -0.39 is 70.4 Å². The summed E-state index contributed by atoms with van der Waals surface area (Å²) in [6.45, 7) is 47.6. The molecule has 5 atom stereocenters. The molecule has 0 aliphatic heterocycles. The molecule has 0 amide bonds. The molecule has 0 aromatic carbocycles. The standard InChI is InChI=1S/C33H76N2O7Si7/c1-43(2,3)36-25-30(39-46(10,11)12)29(38-45(7,8)9)22-27-23-34-24-28(35-27)32(41-48(16,17)18)33(42-49(19,20)21)31(40-47(13,14)15)26-37-44(4,5)6/h23-24,29-33H,22,25-26H2,1-21H3/t29-,30+,31+,32+,33+/m0/s1. The Labute approximate surface area is 309 Å². The van der Waals surface area contributed by atoms with Crippen LogP contribution in [0.1, 0.15) is 17.5 Å². The summed E-state index contributed by atoms with van der Waals surface area (Å²) in [6.07, 6.45) is 2.64. The smallest absolute Gasteiger partial charge is 0.184 e. The van der Waals surface area contributed by atoms with Crippen molar-refractivity contribution in [3.8, 4) is 0 Å². The summed E-state index contributed by atoms with van der Waals surface area (Å²) in [6, 6.07) is 0. The first kappa shape index (κ1) is 47.3. The number of nitrogens with zero attached hydrogens (tertiary/aromatic N) is 2. The lowest BCUT2D eigenvalue weighted by Crippen LogP contribution is -2.52. The van der Waals surface area contributed by atoms with Gasteiger partial charge in [-0.2, -0.15) is 0 Å². The van der Waals surface area contributed by atoms with Gasteiger partial charge in [0.25, 0.3) is 0 Å². The van der Waals surface area contributed by atoms with Gasteiger partial charge in [0.2, 0.25) is 0 Å². The van der Waals surface area contributed by atoms with Crippen LogP contribution in [0.2, 0.25) is 137 Å². The molecule has 1 aromatic heterocycles. The van der Waals surface area contributed by atoms with E-state index >= 15 is 0 Å². The third-order valence-corrected chi connectivity index (χ3v) is 13.4. The van der Waals surface area contributed by atoms with Gasteiger partial charge in [-0.05, 0) is 137 Å². The second-order valence-corrected chi connectivity index (χ2v) is 51.5. The van der Waals surface area contributed by atoms with Gasteiger partial charge in [-0.15, -0.1) is 0 Å². The molecular formula is C33H76N2O7Si7. The highest BCUT2D eigenvalue weighted by atomic mass is 28.4. The Morgan fingerprint density at radius 1 is 0.449 bits per heavy atom. The first-order chi connectivity index (χ1) is 21.6. The average molecular weight is 810 g/mol. The van der Waals surface area contributed by atoms with Gasteiger partial charge in [-0.3, -0.25) is 9.97 Å². The van der Waals surface area contributed by atoms with Crippen molar-refractivity contribution in [3.05, 3.63) is 23.8 Å². The monoisotopic (exact) mass is 808 g/mol. The molecular weight excluding hydrogens is 733 g/mol. The average Bonchev–Trinajstić information content (AvgIpc) is 2.82. The molecule has 9 nitrogen and oxygen atoms in total. The van der Waals surface area contributed by atoms with Crippen molar-refractivity contribution < 1.29 is 31.0 Å². The molecule has 0 spiro atoms. The highest BCUT2D eigenvalue weighted by molar-refractivity contribution is 6.72. The molecule has 49 heavy (non-hydrogen) atoms. The summed E-state index contributed by atoms with van der Waals surface area (Å²) < 4.78 is 47.8. The lowest BCUT2D eigenvalue weighted by atomic mass is 10.1. The second-order valence-electron chi connectivity index (χ2n) is 20.1. The van der Waals surface area contributed by atoms with Gasteiger partial charge in [0.05, 0.1) is 49.1 Å². The van der Waals surface area contributed by atoms with E-state index in [4.69, 9.17) is 40.9 Å². The molecule has 0 aliphatic carbocycles. The summed E-state index contributed by atoms with van der Waals surface area (Å²) in [5, 5.41) is 0. The Bertz CT molecular complexity index is 1130. The predicted molar refractivity (Wildman–Crippen MR) is 224 cm³/mol. The Morgan fingerprint density at radius 3 is 1.24 bits per heavy atom. The quantitative estimate of drug-likeness (QED) is 0.106. The van der Waals surface area contributed by atoms with Crippen molar-refractivity contribution in [2.24, 2.45) is 0 Å². The second kappa shape index (κ2) is 18.1. The maximum absolute atomic E-state index is 7.07. The highest BCUT2D eigenvalue weighted by Crippen LogP contribution is 2.33. The molecule has 0 aliphatic rings. The van der Waals surface area contributed by atoms with E-state index in [0.29, 0.717) is 19.6 Å². The van der Waals surface area contributed by atoms with E-state index in [0.717, 1.165) is 11.4 Å². The lowest BCUT2D eigenvalue weighted by Gasteiger charge is -2.42. The Balaban J connectivity index is 3.83. The van der Waals surface area contributed by atoms with E-state index in [-0.39, 0.29) is 18.3 Å². The summed E-state index contributed by atoms with van der Waals surface area (Å²) >= 11 is 0. The fraction of sp³-hybridized carbons (Fsp3) is 0.879. The molecule has 1 aromatic rings. The summed E-state index contributed by atoms with van der Waals surface area (Å²) in [7, 11) is -13.8. The van der Waals surface area contributed by atoms with Gasteiger partial charge in [-0.25, -0.2) is 0 Å². The minimum Gasteiger partial charge on any atom is -0.415 e. The summed E-state index contributed by atoms with van der Waals surface area (Å²) in [5.74, 6) is 0. The Kier molecular flexibility index (Phi) is 17.5. The maximum atomic E-state index is 7.07. The van der Waals surface area contributed by atoms with Crippen molar-refractivity contribution in [2.75, 3.05) is 13.2 Å². The molecule has 16 heteroatoms. The van der Waals surface area contributed by atoms with E-state index in [1.165, 1.54) is 0 Å². The Hall–Kier alpha value is 0.318. The predicted octanol–water partition coefficient (Wildman–Crippen LogP) is 9.50. The van der Waals surface area contributed by atoms with Gasteiger partial charge in [-0.1, -0.05) is 0 Å². The van der Waals surface area contributed by atoms with Crippen LogP contribution < -0.4 is 0 Å². The van der Waals surface area contributed by atoms with Crippen LogP contribution >= 0.6 is 0 Å². The van der Waals surface area contributed by atoms with Crippen molar-refractivity contribution >= 4 is 58.2 Å². The highest BCUT2D eigenvalue weighted by Gasteiger charge is 2.42. The van der Waals surface area contributed by atoms with Crippen LogP contribution in [0, 0.1) is 0 Å². The number of hydrogen-bond donors (Lipinski definition) is 0. The van der Waals surface area contributed by atoms with Gasteiger partial charge in [0.1, 0.15) is 12.2 Å². The van der Waals surface area contributed by atoms with Crippen molar-refractivity contribution in [1.29, 1.82) is 0 Å². The first-order valence-corrected chi connectivity index (χ1v) is 42.0. The van der Waals surface area contributed by atoms with E-state index in [1.54, 1.807) is 0 Å². The van der Waals surface area contributed by atoms with E-state index in [1.807, 2.05) is 12.4 Å². The molecule has 0 unspecified atom stereocenters. The van der Waals surface area contributed by atoms with Crippen LogP contribution in [0.25, 0.3) is 0 Å². The summed E-state index contributed by atoms with van der Waals surface area (Å²) in [4.78, 5) is 10.1. The van der Waals surface area contributed by atoms with Crippen LogP contribution in [-0.2, 0) is 37.4 Å². The van der Waals surface area contributed by atoms with Gasteiger partial charge in [0.15, 0.2) is 58.2 Å². The molecule has 0 bridgehead atoms. The van der Waals surface area contributed by atoms with Crippen LogP contribution in [-0.4, -0.2) is 106 Å². The number of rotatable bonds is 22. The zero-order chi connectivity index (χ0) is 38.4. The van der Waals surface area contributed by atoms with E-state index in [2.05, 4.69) is 137 Å². The molecule has 0 N–H and O–H groups in total. The van der Waals surface area contributed by atoms with Crippen molar-refractivity contribution in [1.82, 2.24) is 9.97 Å². The third-order valence-electron chi connectivity index (χ3n) is 6.33. The topological polar surface area (TPSA) is 90.4 Å². The van der Waals surface area contributed by atoms with Gasteiger partial charge in [0, 0.05) is 12.6 Å². The molecule has 288 valence electrons. The Morgan fingerprint density at radius 2 is 0.837 bits per heavy atom. The number of aromatic nitrogens is 2. The van der Waals surface area contributed by atoms with Crippen LogP contribution in [0.15, 0.2) is 12.4 Å². The van der Waals surface area contributed by atoms with Crippen molar-refractivity contribution in [2.45, 2.75) is 174 Å². The molecule has 1 heterocycles. The minimum absolute atomic E-state index is 0.208. The molecule has 1 rings (SSSR count). The normalized spacial score (nSPS) is 17.5. The van der Waals surface area contributed by atoms with Crippen LogP contribution in [0.3, 0.4) is 0 Å². The van der Waals surface area contributed by atoms with Crippen LogP contribution in [0.4, 0.5) is 0 Å². The molecule has 0 fully saturated rings. The first-order valence-electron chi connectivity index (χ1n) is 18.1. The zero-order valence-electron chi connectivity index (χ0n) is 35.4. The fourth-order valence-electron chi connectivity index (χ4n) is 4.97. The zero-order valence-corrected chi connectivity index (χ0v) is 42.4. The van der Waals surface area contributed by atoms with Crippen LogP contribution in [0.5, 0.6) is 0 Å². The fourth-order valence-corrected chi connectivity index (χ4v) is 11.8. The van der Waals surface area contributed by atoms with Crippen molar-refractivity contribution in [3.63, 3.8) is 0 Å². The largest absolute Gasteiger partial charge is 0.415 e. The van der Waals surface area contributed by atoms with Gasteiger partial charge < -0.3 is 31.0 Å². The van der Waals surface area contributed by atoms with E-state index in [9.17, 15) is 0 Å². The summed E-state index contributed by atoms with van der Waals surface area (Å²) in [5.41, 5.74) is 1.60. The maximum Gasteiger partial charge on any atom is 0.184 e. The molecule has 0 saturated heterocycles.